The number of carbonyl (C=O) groups excluding carboxylic acids is 1. The van der Waals surface area contributed by atoms with Crippen molar-refractivity contribution in [3.8, 4) is 5.75 Å². The number of rotatable bonds is 6. The molecule has 100 valence electrons. The van der Waals surface area contributed by atoms with Gasteiger partial charge in [-0.25, -0.2) is 0 Å². The van der Waals surface area contributed by atoms with E-state index in [9.17, 15) is 9.90 Å². The first-order valence-corrected chi connectivity index (χ1v) is 6.25. The molecule has 0 aliphatic heterocycles. The molecule has 0 saturated heterocycles. The van der Waals surface area contributed by atoms with Gasteiger partial charge in [0.1, 0.15) is 5.75 Å². The lowest BCUT2D eigenvalue weighted by Crippen LogP contribution is -2.26. The molecule has 0 radical (unpaired) electrons. The van der Waals surface area contributed by atoms with Crippen molar-refractivity contribution in [2.75, 3.05) is 13.6 Å². The van der Waals surface area contributed by atoms with Crippen LogP contribution >= 0.6 is 0 Å². The Labute approximate surface area is 108 Å². The second-order valence-corrected chi connectivity index (χ2v) is 4.80. The smallest absolute Gasteiger partial charge is 0.222 e. The topological polar surface area (TPSA) is 66.6 Å². The summed E-state index contributed by atoms with van der Waals surface area (Å²) in [6.07, 6.45) is 1.36. The third-order valence-corrected chi connectivity index (χ3v) is 3.04. The van der Waals surface area contributed by atoms with Crippen LogP contribution in [-0.4, -0.2) is 29.5 Å². The zero-order valence-electron chi connectivity index (χ0n) is 11.1. The number of benzene rings is 1. The Hall–Kier alpha value is -1.55. The molecule has 0 aliphatic rings. The van der Waals surface area contributed by atoms with E-state index >= 15 is 0 Å². The van der Waals surface area contributed by atoms with Crippen LogP contribution in [0.1, 0.15) is 25.3 Å². The fraction of sp³-hybridized carbons (Fsp3) is 0.500. The summed E-state index contributed by atoms with van der Waals surface area (Å²) < 4.78 is 0. The van der Waals surface area contributed by atoms with Crippen molar-refractivity contribution in [2.45, 2.75) is 26.3 Å². The van der Waals surface area contributed by atoms with E-state index in [4.69, 9.17) is 5.73 Å². The molecule has 1 unspecified atom stereocenters. The van der Waals surface area contributed by atoms with Crippen LogP contribution in [-0.2, 0) is 11.3 Å². The lowest BCUT2D eigenvalue weighted by Gasteiger charge is -2.18. The number of carbonyl (C=O) groups is 1. The first kappa shape index (κ1) is 14.5. The van der Waals surface area contributed by atoms with Crippen molar-refractivity contribution in [2.24, 2.45) is 11.7 Å². The lowest BCUT2D eigenvalue weighted by atomic mass is 10.1. The number of hydrogen-bond acceptors (Lipinski definition) is 3. The Morgan fingerprint density at radius 3 is 2.56 bits per heavy atom. The minimum Gasteiger partial charge on any atom is -0.508 e. The van der Waals surface area contributed by atoms with Crippen LogP contribution in [0.3, 0.4) is 0 Å². The summed E-state index contributed by atoms with van der Waals surface area (Å²) in [6.45, 7) is 3.23. The van der Waals surface area contributed by atoms with Gasteiger partial charge in [-0.05, 0) is 36.6 Å². The van der Waals surface area contributed by atoms with Gasteiger partial charge in [0, 0.05) is 20.0 Å². The van der Waals surface area contributed by atoms with Crippen molar-refractivity contribution < 1.29 is 9.90 Å². The molecule has 1 aromatic rings. The molecule has 0 spiro atoms. The van der Waals surface area contributed by atoms with Gasteiger partial charge in [-0.15, -0.1) is 0 Å². The molecule has 1 aromatic carbocycles. The highest BCUT2D eigenvalue weighted by atomic mass is 16.3. The SMILES string of the molecule is CC(CN)CCC(=O)N(C)Cc1ccc(O)cc1. The number of phenolic OH excluding ortho intramolecular Hbond substituents is 1. The van der Waals surface area contributed by atoms with Gasteiger partial charge in [0.05, 0.1) is 0 Å². The second kappa shape index (κ2) is 7.01. The molecular weight excluding hydrogens is 228 g/mol. The van der Waals surface area contributed by atoms with E-state index < -0.39 is 0 Å². The van der Waals surface area contributed by atoms with Crippen LogP contribution in [0.25, 0.3) is 0 Å². The standard InChI is InChI=1S/C14H22N2O2/c1-11(9-15)3-8-14(18)16(2)10-12-4-6-13(17)7-5-12/h4-7,11,17H,3,8-10,15H2,1-2H3. The van der Waals surface area contributed by atoms with Crippen LogP contribution in [0.5, 0.6) is 5.75 Å². The van der Waals surface area contributed by atoms with Crippen molar-refractivity contribution in [3.63, 3.8) is 0 Å². The third kappa shape index (κ3) is 4.75. The van der Waals surface area contributed by atoms with E-state index in [1.807, 2.05) is 19.1 Å². The molecule has 0 fully saturated rings. The Morgan fingerprint density at radius 1 is 1.39 bits per heavy atom. The van der Waals surface area contributed by atoms with E-state index in [0.717, 1.165) is 12.0 Å². The molecule has 1 rings (SSSR count). The molecule has 4 heteroatoms. The highest BCUT2D eigenvalue weighted by Gasteiger charge is 2.10. The summed E-state index contributed by atoms with van der Waals surface area (Å²) in [4.78, 5) is 13.6. The molecule has 0 aromatic heterocycles. The maximum atomic E-state index is 11.9. The largest absolute Gasteiger partial charge is 0.508 e. The molecule has 4 nitrogen and oxygen atoms in total. The van der Waals surface area contributed by atoms with Crippen LogP contribution in [0.4, 0.5) is 0 Å². The maximum Gasteiger partial charge on any atom is 0.222 e. The normalized spacial score (nSPS) is 12.2. The predicted molar refractivity (Wildman–Crippen MR) is 72.0 cm³/mol. The lowest BCUT2D eigenvalue weighted by molar-refractivity contribution is -0.130. The van der Waals surface area contributed by atoms with Crippen LogP contribution in [0, 0.1) is 5.92 Å². The minimum atomic E-state index is 0.128. The van der Waals surface area contributed by atoms with Crippen molar-refractivity contribution >= 4 is 5.91 Å². The second-order valence-electron chi connectivity index (χ2n) is 4.80. The van der Waals surface area contributed by atoms with E-state index in [1.54, 1.807) is 24.1 Å². The van der Waals surface area contributed by atoms with Crippen LogP contribution in [0.2, 0.25) is 0 Å². The van der Waals surface area contributed by atoms with Crippen molar-refractivity contribution in [1.82, 2.24) is 4.90 Å². The quantitative estimate of drug-likeness (QED) is 0.808. The predicted octanol–water partition coefficient (Wildman–Crippen LogP) is 1.73. The first-order chi connectivity index (χ1) is 8.52. The average Bonchev–Trinajstić information content (AvgIpc) is 2.38. The molecular formula is C14H22N2O2. The summed E-state index contributed by atoms with van der Waals surface area (Å²) in [5, 5.41) is 9.18. The molecule has 0 bridgehead atoms. The Morgan fingerprint density at radius 2 is 2.00 bits per heavy atom. The van der Waals surface area contributed by atoms with E-state index in [-0.39, 0.29) is 11.7 Å². The van der Waals surface area contributed by atoms with E-state index in [2.05, 4.69) is 0 Å². The van der Waals surface area contributed by atoms with Gasteiger partial charge in [-0.1, -0.05) is 19.1 Å². The van der Waals surface area contributed by atoms with Crippen molar-refractivity contribution in [3.05, 3.63) is 29.8 Å². The number of aromatic hydroxyl groups is 1. The number of nitrogens with zero attached hydrogens (tertiary/aromatic N) is 1. The Kier molecular flexibility index (Phi) is 5.65. The van der Waals surface area contributed by atoms with Gasteiger partial charge < -0.3 is 15.7 Å². The summed E-state index contributed by atoms with van der Waals surface area (Å²) in [5.41, 5.74) is 6.53. The maximum absolute atomic E-state index is 11.9. The molecule has 1 amide bonds. The Balaban J connectivity index is 2.42. The first-order valence-electron chi connectivity index (χ1n) is 6.25. The molecule has 0 aliphatic carbocycles. The van der Waals surface area contributed by atoms with Gasteiger partial charge in [0.15, 0.2) is 0 Å². The molecule has 3 N–H and O–H groups in total. The number of phenols is 1. The van der Waals surface area contributed by atoms with Gasteiger partial charge >= 0.3 is 0 Å². The summed E-state index contributed by atoms with van der Waals surface area (Å²) in [5.74, 6) is 0.754. The van der Waals surface area contributed by atoms with Gasteiger partial charge in [-0.2, -0.15) is 0 Å². The summed E-state index contributed by atoms with van der Waals surface area (Å²) >= 11 is 0. The Bertz CT molecular complexity index is 376. The molecule has 1 atom stereocenters. The fourth-order valence-electron chi connectivity index (χ4n) is 1.64. The third-order valence-electron chi connectivity index (χ3n) is 3.04. The number of nitrogens with two attached hydrogens (primary N) is 1. The average molecular weight is 250 g/mol. The highest BCUT2D eigenvalue weighted by molar-refractivity contribution is 5.75. The molecule has 0 heterocycles. The van der Waals surface area contributed by atoms with Gasteiger partial charge in [-0.3, -0.25) is 4.79 Å². The highest BCUT2D eigenvalue weighted by Crippen LogP contribution is 2.12. The summed E-state index contributed by atoms with van der Waals surface area (Å²) in [6, 6.07) is 6.90. The van der Waals surface area contributed by atoms with Crippen molar-refractivity contribution in [1.29, 1.82) is 0 Å². The zero-order valence-corrected chi connectivity index (χ0v) is 11.1. The van der Waals surface area contributed by atoms with E-state index in [0.29, 0.717) is 25.4 Å². The van der Waals surface area contributed by atoms with Gasteiger partial charge in [0.25, 0.3) is 0 Å². The zero-order chi connectivity index (χ0) is 13.5. The number of amides is 1. The fourth-order valence-corrected chi connectivity index (χ4v) is 1.64. The van der Waals surface area contributed by atoms with Gasteiger partial charge in [0.2, 0.25) is 5.91 Å². The molecule has 0 saturated carbocycles. The minimum absolute atomic E-state index is 0.128. The monoisotopic (exact) mass is 250 g/mol. The number of hydrogen-bond donors (Lipinski definition) is 2. The van der Waals surface area contributed by atoms with Crippen LogP contribution in [0.15, 0.2) is 24.3 Å². The van der Waals surface area contributed by atoms with E-state index in [1.165, 1.54) is 0 Å². The van der Waals surface area contributed by atoms with Crippen LogP contribution < -0.4 is 5.73 Å². The molecule has 18 heavy (non-hydrogen) atoms. The summed E-state index contributed by atoms with van der Waals surface area (Å²) in [7, 11) is 1.79.